The second-order valence-corrected chi connectivity index (χ2v) is 5.67. The Hall–Kier alpha value is -2.07. The van der Waals surface area contributed by atoms with Crippen LogP contribution in [0.25, 0.3) is 0 Å². The second kappa shape index (κ2) is 8.53. The number of para-hydroxylation sites is 1. The van der Waals surface area contributed by atoms with Crippen molar-refractivity contribution in [3.8, 4) is 11.5 Å². The van der Waals surface area contributed by atoms with Crippen LogP contribution in [0.15, 0.2) is 42.5 Å². The van der Waals surface area contributed by atoms with E-state index in [1.54, 1.807) is 19.2 Å². The lowest BCUT2D eigenvalue weighted by molar-refractivity contribution is 0.227. The van der Waals surface area contributed by atoms with Crippen LogP contribution in [0.5, 0.6) is 11.5 Å². The van der Waals surface area contributed by atoms with Crippen molar-refractivity contribution in [1.82, 2.24) is 5.32 Å². The summed E-state index contributed by atoms with van der Waals surface area (Å²) in [5, 5.41) is 3.38. The maximum atomic E-state index is 13.1. The summed E-state index contributed by atoms with van der Waals surface area (Å²) in [4.78, 5) is 0. The van der Waals surface area contributed by atoms with Crippen LogP contribution < -0.4 is 14.8 Å². The Morgan fingerprint density at radius 3 is 2.61 bits per heavy atom. The molecule has 0 radical (unpaired) electrons. The first-order valence-electron chi connectivity index (χ1n) is 7.88. The highest BCUT2D eigenvalue weighted by atomic mass is 19.1. The van der Waals surface area contributed by atoms with Gasteiger partial charge in [-0.2, -0.15) is 0 Å². The van der Waals surface area contributed by atoms with Gasteiger partial charge in [0.25, 0.3) is 0 Å². The molecule has 2 aromatic carbocycles. The van der Waals surface area contributed by atoms with Crippen molar-refractivity contribution in [3.63, 3.8) is 0 Å². The van der Waals surface area contributed by atoms with Gasteiger partial charge >= 0.3 is 0 Å². The van der Waals surface area contributed by atoms with E-state index in [4.69, 9.17) is 9.47 Å². The summed E-state index contributed by atoms with van der Waals surface area (Å²) >= 11 is 0. The van der Waals surface area contributed by atoms with Crippen molar-refractivity contribution in [2.24, 2.45) is 0 Å². The fourth-order valence-electron chi connectivity index (χ4n) is 2.38. The molecule has 0 spiro atoms. The predicted octanol–water partition coefficient (Wildman–Crippen LogP) is 3.95. The van der Waals surface area contributed by atoms with E-state index in [-0.39, 0.29) is 11.9 Å². The molecular formula is C19H24FNO2. The zero-order valence-corrected chi connectivity index (χ0v) is 13.9. The van der Waals surface area contributed by atoms with Gasteiger partial charge in [-0.15, -0.1) is 0 Å². The van der Waals surface area contributed by atoms with Crippen LogP contribution in [0.3, 0.4) is 0 Å². The predicted molar refractivity (Wildman–Crippen MR) is 90.6 cm³/mol. The van der Waals surface area contributed by atoms with Crippen LogP contribution >= 0.6 is 0 Å². The van der Waals surface area contributed by atoms with Crippen LogP contribution in [0, 0.1) is 5.82 Å². The molecule has 124 valence electrons. The molecule has 0 saturated heterocycles. The van der Waals surface area contributed by atoms with Gasteiger partial charge in [-0.25, -0.2) is 4.39 Å². The highest BCUT2D eigenvalue weighted by molar-refractivity contribution is 5.46. The van der Waals surface area contributed by atoms with E-state index >= 15 is 0 Å². The fraction of sp³-hybridized carbons (Fsp3) is 0.368. The number of rotatable bonds is 8. The van der Waals surface area contributed by atoms with Crippen molar-refractivity contribution in [2.45, 2.75) is 32.9 Å². The smallest absolute Gasteiger partial charge is 0.166 e. The summed E-state index contributed by atoms with van der Waals surface area (Å²) in [5.41, 5.74) is 2.04. The Labute approximate surface area is 137 Å². The fourth-order valence-corrected chi connectivity index (χ4v) is 2.38. The Balaban J connectivity index is 1.94. The molecular weight excluding hydrogens is 293 g/mol. The molecule has 23 heavy (non-hydrogen) atoms. The third-order valence-electron chi connectivity index (χ3n) is 3.43. The Bertz CT molecular complexity index is 629. The quantitative estimate of drug-likeness (QED) is 0.748. The van der Waals surface area contributed by atoms with Crippen LogP contribution in [-0.4, -0.2) is 19.8 Å². The molecule has 2 aromatic rings. The minimum Gasteiger partial charge on any atom is -0.493 e. The zero-order chi connectivity index (χ0) is 16.7. The van der Waals surface area contributed by atoms with E-state index in [9.17, 15) is 4.39 Å². The maximum absolute atomic E-state index is 13.1. The van der Waals surface area contributed by atoms with Crippen molar-refractivity contribution in [3.05, 3.63) is 59.4 Å². The monoisotopic (exact) mass is 317 g/mol. The summed E-state index contributed by atoms with van der Waals surface area (Å²) in [6.07, 6.45) is 0.861. The number of hydrogen-bond donors (Lipinski definition) is 1. The van der Waals surface area contributed by atoms with Gasteiger partial charge in [-0.3, -0.25) is 0 Å². The van der Waals surface area contributed by atoms with Gasteiger partial charge in [-0.1, -0.05) is 24.3 Å². The number of benzene rings is 2. The van der Waals surface area contributed by atoms with Crippen molar-refractivity contribution in [1.29, 1.82) is 0 Å². The van der Waals surface area contributed by atoms with Gasteiger partial charge in [-0.05, 0) is 50.6 Å². The first-order valence-corrected chi connectivity index (χ1v) is 7.88. The molecule has 2 rings (SSSR count). The van der Waals surface area contributed by atoms with Gasteiger partial charge in [0.1, 0.15) is 5.82 Å². The van der Waals surface area contributed by atoms with Crippen LogP contribution in [0.2, 0.25) is 0 Å². The lowest BCUT2D eigenvalue weighted by Gasteiger charge is -2.17. The molecule has 0 heterocycles. The van der Waals surface area contributed by atoms with Crippen molar-refractivity contribution >= 4 is 0 Å². The van der Waals surface area contributed by atoms with E-state index in [0.29, 0.717) is 6.54 Å². The van der Waals surface area contributed by atoms with Crippen LogP contribution in [0.4, 0.5) is 4.39 Å². The zero-order valence-electron chi connectivity index (χ0n) is 13.9. The lowest BCUT2D eigenvalue weighted by atomic mass is 10.1. The van der Waals surface area contributed by atoms with E-state index in [2.05, 4.69) is 5.32 Å². The number of hydrogen-bond acceptors (Lipinski definition) is 3. The molecule has 0 unspecified atom stereocenters. The average Bonchev–Trinajstić information content (AvgIpc) is 2.52. The second-order valence-electron chi connectivity index (χ2n) is 5.67. The van der Waals surface area contributed by atoms with E-state index < -0.39 is 0 Å². The maximum Gasteiger partial charge on any atom is 0.166 e. The molecule has 0 aliphatic rings. The highest BCUT2D eigenvalue weighted by Gasteiger charge is 2.11. The normalized spacial score (nSPS) is 10.8. The van der Waals surface area contributed by atoms with Gasteiger partial charge < -0.3 is 14.8 Å². The summed E-state index contributed by atoms with van der Waals surface area (Å²) in [5.74, 6) is 1.33. The SMILES string of the molecule is COc1cccc(CNCCc2cccc(F)c2)c1OC(C)C. The lowest BCUT2D eigenvalue weighted by Crippen LogP contribution is -2.18. The molecule has 1 N–H and O–H groups in total. The van der Waals surface area contributed by atoms with E-state index in [1.807, 2.05) is 38.1 Å². The van der Waals surface area contributed by atoms with E-state index in [0.717, 1.165) is 35.6 Å². The Kier molecular flexibility index (Phi) is 6.41. The summed E-state index contributed by atoms with van der Waals surface area (Å²) in [7, 11) is 1.64. The minimum absolute atomic E-state index is 0.0809. The third-order valence-corrected chi connectivity index (χ3v) is 3.43. The molecule has 0 aliphatic carbocycles. The number of ether oxygens (including phenoxy) is 2. The minimum atomic E-state index is -0.192. The molecule has 0 atom stereocenters. The van der Waals surface area contributed by atoms with Crippen LogP contribution in [0.1, 0.15) is 25.0 Å². The molecule has 0 amide bonds. The average molecular weight is 317 g/mol. The summed E-state index contributed by atoms with van der Waals surface area (Å²) < 4.78 is 24.4. The van der Waals surface area contributed by atoms with E-state index in [1.165, 1.54) is 6.07 Å². The van der Waals surface area contributed by atoms with Gasteiger partial charge in [0.2, 0.25) is 0 Å². The summed E-state index contributed by atoms with van der Waals surface area (Å²) in [6.45, 7) is 5.43. The van der Waals surface area contributed by atoms with Gasteiger partial charge in [0.15, 0.2) is 11.5 Å². The number of methoxy groups -OCH3 is 1. The Morgan fingerprint density at radius 2 is 1.91 bits per heavy atom. The van der Waals surface area contributed by atoms with Crippen LogP contribution in [-0.2, 0) is 13.0 Å². The number of nitrogens with one attached hydrogen (secondary N) is 1. The largest absolute Gasteiger partial charge is 0.493 e. The molecule has 4 heteroatoms. The first kappa shape index (κ1) is 17.3. The molecule has 3 nitrogen and oxygen atoms in total. The molecule has 0 saturated carbocycles. The molecule has 0 aliphatic heterocycles. The molecule has 0 bridgehead atoms. The molecule has 0 fully saturated rings. The van der Waals surface area contributed by atoms with Crippen molar-refractivity contribution < 1.29 is 13.9 Å². The first-order chi connectivity index (χ1) is 11.1. The highest BCUT2D eigenvalue weighted by Crippen LogP contribution is 2.31. The molecule has 0 aromatic heterocycles. The van der Waals surface area contributed by atoms with Gasteiger partial charge in [0.05, 0.1) is 13.2 Å². The van der Waals surface area contributed by atoms with Crippen molar-refractivity contribution in [2.75, 3.05) is 13.7 Å². The topological polar surface area (TPSA) is 30.5 Å². The van der Waals surface area contributed by atoms with Gasteiger partial charge in [0, 0.05) is 12.1 Å². The number of halogens is 1. The summed E-state index contributed by atoms with van der Waals surface area (Å²) in [6, 6.07) is 12.6. The standard InChI is InChI=1S/C19H24FNO2/c1-14(2)23-19-16(7-5-9-18(19)22-3)13-21-11-10-15-6-4-8-17(20)12-15/h4-9,12,14,21H,10-11,13H2,1-3H3. The Morgan fingerprint density at radius 1 is 1.13 bits per heavy atom. The third kappa shape index (κ3) is 5.25.